The van der Waals surface area contributed by atoms with Crippen molar-refractivity contribution in [2.75, 3.05) is 39.5 Å². The molecular formula is C13H22N2O5. The lowest BCUT2D eigenvalue weighted by Crippen LogP contribution is -2.65. The fraction of sp³-hybridized carbons (Fsp3) is 0.692. The molecule has 0 atom stereocenters. The van der Waals surface area contributed by atoms with Gasteiger partial charge < -0.3 is 24.8 Å². The number of aliphatic carboxylic acids is 1. The Morgan fingerprint density at radius 3 is 2.75 bits per heavy atom. The van der Waals surface area contributed by atoms with E-state index in [1.165, 1.54) is 0 Å². The normalized spacial score (nSPS) is 16.4. The summed E-state index contributed by atoms with van der Waals surface area (Å²) in [5, 5.41) is 11.3. The van der Waals surface area contributed by atoms with Crippen LogP contribution in [0, 0.1) is 0 Å². The highest BCUT2D eigenvalue weighted by molar-refractivity contribution is 5.75. The highest BCUT2D eigenvalue weighted by Crippen LogP contribution is 2.24. The number of rotatable bonds is 9. The summed E-state index contributed by atoms with van der Waals surface area (Å²) in [4.78, 5) is 23.7. The van der Waals surface area contributed by atoms with E-state index >= 15 is 0 Å². The van der Waals surface area contributed by atoms with Crippen molar-refractivity contribution in [1.82, 2.24) is 10.2 Å². The van der Waals surface area contributed by atoms with Crippen LogP contribution in [0.2, 0.25) is 0 Å². The molecule has 0 bridgehead atoms. The van der Waals surface area contributed by atoms with E-state index < -0.39 is 11.6 Å². The number of hydrogen-bond donors (Lipinski definition) is 2. The second-order valence-electron chi connectivity index (χ2n) is 4.91. The molecule has 0 aromatic carbocycles. The number of carboxylic acids is 1. The van der Waals surface area contributed by atoms with Gasteiger partial charge in [-0.25, -0.2) is 9.59 Å². The standard InChI is InChI=1S/C13H22N2O5/c1-3-4-6-19-7-5-14-12(18)15-9-13(2,10-15)20-8-11(16)17/h3H,1,4-10H2,2H3,(H,14,18)(H,16,17). The molecule has 1 saturated heterocycles. The average molecular weight is 286 g/mol. The number of urea groups is 1. The molecule has 0 radical (unpaired) electrons. The lowest BCUT2D eigenvalue weighted by Gasteiger charge is -2.46. The Morgan fingerprint density at radius 1 is 1.45 bits per heavy atom. The Labute approximate surface area is 118 Å². The van der Waals surface area contributed by atoms with Crippen molar-refractivity contribution in [3.8, 4) is 0 Å². The van der Waals surface area contributed by atoms with E-state index in [4.69, 9.17) is 14.6 Å². The third-order valence-corrected chi connectivity index (χ3v) is 2.87. The maximum Gasteiger partial charge on any atom is 0.329 e. The minimum absolute atomic E-state index is 0.186. The van der Waals surface area contributed by atoms with E-state index in [2.05, 4.69) is 11.9 Å². The summed E-state index contributed by atoms with van der Waals surface area (Å²) in [6.45, 7) is 7.32. The van der Waals surface area contributed by atoms with Crippen LogP contribution in [0.1, 0.15) is 13.3 Å². The van der Waals surface area contributed by atoms with Crippen molar-refractivity contribution in [2.45, 2.75) is 18.9 Å². The second-order valence-corrected chi connectivity index (χ2v) is 4.91. The molecule has 0 aliphatic carbocycles. The Morgan fingerprint density at radius 2 is 2.15 bits per heavy atom. The number of amides is 2. The summed E-state index contributed by atoms with van der Waals surface area (Å²) >= 11 is 0. The SMILES string of the molecule is C=CCCOCCNC(=O)N1CC(C)(OCC(=O)O)C1. The number of carbonyl (C=O) groups is 2. The van der Waals surface area contributed by atoms with Crippen LogP contribution < -0.4 is 5.32 Å². The monoisotopic (exact) mass is 286 g/mol. The first-order valence-corrected chi connectivity index (χ1v) is 6.54. The van der Waals surface area contributed by atoms with Crippen LogP contribution in [-0.2, 0) is 14.3 Å². The summed E-state index contributed by atoms with van der Waals surface area (Å²) in [5.74, 6) is -1.01. The molecule has 1 aliphatic heterocycles. The molecule has 7 nitrogen and oxygen atoms in total. The fourth-order valence-corrected chi connectivity index (χ4v) is 1.84. The van der Waals surface area contributed by atoms with E-state index in [9.17, 15) is 9.59 Å². The highest BCUT2D eigenvalue weighted by Gasteiger charge is 2.42. The number of likely N-dealkylation sites (tertiary alicyclic amines) is 1. The van der Waals surface area contributed by atoms with E-state index in [0.717, 1.165) is 6.42 Å². The fourth-order valence-electron chi connectivity index (χ4n) is 1.84. The predicted molar refractivity (Wildman–Crippen MR) is 72.6 cm³/mol. The van der Waals surface area contributed by atoms with Gasteiger partial charge in [-0.1, -0.05) is 6.08 Å². The number of carbonyl (C=O) groups excluding carboxylic acids is 1. The van der Waals surface area contributed by atoms with Crippen LogP contribution in [0.15, 0.2) is 12.7 Å². The number of nitrogens with one attached hydrogen (secondary N) is 1. The smallest absolute Gasteiger partial charge is 0.329 e. The minimum atomic E-state index is -1.01. The van der Waals surface area contributed by atoms with Gasteiger partial charge in [0.1, 0.15) is 12.2 Å². The summed E-state index contributed by atoms with van der Waals surface area (Å²) < 4.78 is 10.5. The Kier molecular flexibility index (Phi) is 6.47. The Hall–Kier alpha value is -1.60. The van der Waals surface area contributed by atoms with Gasteiger partial charge in [0.05, 0.1) is 26.3 Å². The molecule has 114 valence electrons. The van der Waals surface area contributed by atoms with Gasteiger partial charge >= 0.3 is 12.0 Å². The van der Waals surface area contributed by atoms with Crippen LogP contribution in [0.4, 0.5) is 4.79 Å². The van der Waals surface area contributed by atoms with Crippen molar-refractivity contribution in [3.63, 3.8) is 0 Å². The van der Waals surface area contributed by atoms with Gasteiger partial charge in [0.2, 0.25) is 0 Å². The molecule has 0 saturated carbocycles. The van der Waals surface area contributed by atoms with Crippen LogP contribution >= 0.6 is 0 Å². The van der Waals surface area contributed by atoms with Crippen molar-refractivity contribution < 1.29 is 24.2 Å². The molecule has 7 heteroatoms. The molecule has 1 fully saturated rings. The molecule has 1 heterocycles. The minimum Gasteiger partial charge on any atom is -0.480 e. The van der Waals surface area contributed by atoms with Crippen LogP contribution in [0.25, 0.3) is 0 Å². The molecule has 0 aromatic rings. The van der Waals surface area contributed by atoms with Gasteiger partial charge in [0.15, 0.2) is 0 Å². The van der Waals surface area contributed by atoms with Crippen LogP contribution in [0.5, 0.6) is 0 Å². The van der Waals surface area contributed by atoms with Gasteiger partial charge in [-0.15, -0.1) is 6.58 Å². The van der Waals surface area contributed by atoms with Gasteiger partial charge in [0.25, 0.3) is 0 Å². The molecule has 0 spiro atoms. The zero-order chi connectivity index (χ0) is 15.0. The lowest BCUT2D eigenvalue weighted by atomic mass is 9.97. The molecular weight excluding hydrogens is 264 g/mol. The largest absolute Gasteiger partial charge is 0.480 e. The lowest BCUT2D eigenvalue weighted by molar-refractivity contribution is -0.159. The van der Waals surface area contributed by atoms with Gasteiger partial charge in [-0.05, 0) is 13.3 Å². The first-order chi connectivity index (χ1) is 9.47. The molecule has 2 amide bonds. The number of nitrogens with zero attached hydrogens (tertiary/aromatic N) is 1. The third-order valence-electron chi connectivity index (χ3n) is 2.87. The van der Waals surface area contributed by atoms with Crippen LogP contribution in [0.3, 0.4) is 0 Å². The molecule has 20 heavy (non-hydrogen) atoms. The Bertz CT molecular complexity index is 353. The average Bonchev–Trinajstić information content (AvgIpc) is 2.37. The van der Waals surface area contributed by atoms with Gasteiger partial charge in [-0.3, -0.25) is 0 Å². The van der Waals surface area contributed by atoms with E-state index in [1.54, 1.807) is 17.9 Å². The zero-order valence-corrected chi connectivity index (χ0v) is 11.8. The second kappa shape index (κ2) is 7.86. The first-order valence-electron chi connectivity index (χ1n) is 6.54. The molecule has 0 aromatic heterocycles. The maximum atomic E-state index is 11.7. The number of ether oxygens (including phenoxy) is 2. The Balaban J connectivity index is 2.09. The number of carboxylic acid groups (broad SMARTS) is 1. The van der Waals surface area contributed by atoms with Crippen LogP contribution in [-0.4, -0.2) is 67.1 Å². The third kappa shape index (κ3) is 5.58. The van der Waals surface area contributed by atoms with E-state index in [1.807, 2.05) is 0 Å². The van der Waals surface area contributed by atoms with E-state index in [-0.39, 0.29) is 12.6 Å². The molecule has 1 rings (SSSR count). The summed E-state index contributed by atoms with van der Waals surface area (Å²) in [5.41, 5.74) is -0.559. The summed E-state index contributed by atoms with van der Waals surface area (Å²) in [7, 11) is 0. The van der Waals surface area contributed by atoms with Crippen molar-refractivity contribution >= 4 is 12.0 Å². The van der Waals surface area contributed by atoms with Gasteiger partial charge in [-0.2, -0.15) is 0 Å². The van der Waals surface area contributed by atoms with E-state index in [0.29, 0.717) is 32.8 Å². The van der Waals surface area contributed by atoms with Crippen molar-refractivity contribution in [3.05, 3.63) is 12.7 Å². The van der Waals surface area contributed by atoms with Crippen molar-refractivity contribution in [2.24, 2.45) is 0 Å². The first kappa shape index (κ1) is 16.5. The topological polar surface area (TPSA) is 88.1 Å². The summed E-state index contributed by atoms with van der Waals surface area (Å²) in [6.07, 6.45) is 2.57. The van der Waals surface area contributed by atoms with Gasteiger partial charge in [0, 0.05) is 6.54 Å². The van der Waals surface area contributed by atoms with Crippen molar-refractivity contribution in [1.29, 1.82) is 0 Å². The molecule has 1 aliphatic rings. The maximum absolute atomic E-state index is 11.7. The molecule has 0 unspecified atom stereocenters. The highest BCUT2D eigenvalue weighted by atomic mass is 16.5. The quantitative estimate of drug-likeness (QED) is 0.475. The molecule has 2 N–H and O–H groups in total. The summed E-state index contributed by atoms with van der Waals surface area (Å²) in [6, 6.07) is -0.186. The zero-order valence-electron chi connectivity index (χ0n) is 11.8. The predicted octanol–water partition coefficient (Wildman–Crippen LogP) is 0.464. The number of hydrogen-bond acceptors (Lipinski definition) is 4.